The quantitative estimate of drug-likeness (QED) is 0.598. The number of aliphatic hydroxyl groups excluding tert-OH is 1. The average molecular weight is 169 g/mol. The van der Waals surface area contributed by atoms with Crippen molar-refractivity contribution >= 4 is 5.91 Å². The molecule has 1 amide bonds. The Hall–Kier alpha value is -0.570. The number of hydrogen-bond donors (Lipinski definition) is 2. The highest BCUT2D eigenvalue weighted by Crippen LogP contribution is 2.17. The molecule has 0 saturated heterocycles. The molecule has 0 bridgehead atoms. The molecule has 3 nitrogen and oxygen atoms in total. The lowest BCUT2D eigenvalue weighted by Gasteiger charge is -2.25. The van der Waals surface area contributed by atoms with Crippen LogP contribution < -0.4 is 5.32 Å². The Bertz CT molecular complexity index is 139. The summed E-state index contributed by atoms with van der Waals surface area (Å²) in [4.78, 5) is 10.6. The Labute approximate surface area is 66.8 Å². The van der Waals surface area contributed by atoms with E-state index >= 15 is 0 Å². The van der Waals surface area contributed by atoms with Gasteiger partial charge in [0, 0.05) is 13.0 Å². The second kappa shape index (κ2) is 3.72. The number of hydrogen-bond acceptors (Lipinski definition) is 2. The van der Waals surface area contributed by atoms with Gasteiger partial charge in [0.2, 0.25) is 5.91 Å². The second-order valence-electron chi connectivity index (χ2n) is 3.21. The van der Waals surface area contributed by atoms with E-state index in [9.17, 15) is 4.79 Å². The van der Waals surface area contributed by atoms with Crippen molar-refractivity contribution in [1.29, 1.82) is 0 Å². The number of amides is 1. The fourth-order valence-electron chi connectivity index (χ4n) is 1.51. The van der Waals surface area contributed by atoms with Crippen molar-refractivity contribution in [3.8, 4) is 0 Å². The zero-order valence-electron chi connectivity index (χ0n) is 6.84. The third-order valence-corrected chi connectivity index (χ3v) is 2.10. The van der Waals surface area contributed by atoms with Gasteiger partial charge in [-0.3, -0.25) is 4.79 Å². The summed E-state index contributed by atoms with van der Waals surface area (Å²) in [5, 5.41) is 12.0. The molecule has 1 fully saturated rings. The second-order valence-corrected chi connectivity index (χ2v) is 3.21. The largest absolute Gasteiger partial charge is 0.393 e. The summed E-state index contributed by atoms with van der Waals surface area (Å²) in [6.45, 7) is 1.53. The molecule has 0 atom stereocenters. The standard InChI is InChI=1S/C8H15NO2/c1-6(10)9-7-2-4-8(11)5-3-7/h7-8,11H,2-5H2,1H3,(H,9,10)/i2+2,3+2,4+2,5+2,7+2,8+2. The van der Waals surface area contributed by atoms with Crippen LogP contribution in [-0.4, -0.2) is 23.2 Å². The smallest absolute Gasteiger partial charge is 0.217 e. The van der Waals surface area contributed by atoms with Gasteiger partial charge in [0.1, 0.15) is 0 Å². The average Bonchev–Trinajstić information content (AvgIpc) is 1.93. The fourth-order valence-corrected chi connectivity index (χ4v) is 1.51. The first-order valence-electron chi connectivity index (χ1n) is 4.13. The van der Waals surface area contributed by atoms with Gasteiger partial charge in [-0.2, -0.15) is 0 Å². The van der Waals surface area contributed by atoms with E-state index in [2.05, 4.69) is 5.32 Å². The molecule has 11 heavy (non-hydrogen) atoms. The van der Waals surface area contributed by atoms with Gasteiger partial charge in [0.15, 0.2) is 0 Å². The van der Waals surface area contributed by atoms with Gasteiger partial charge in [0.25, 0.3) is 0 Å². The summed E-state index contributed by atoms with van der Waals surface area (Å²) >= 11 is 0. The van der Waals surface area contributed by atoms with Crippen LogP contribution in [0, 0.1) is 0 Å². The minimum Gasteiger partial charge on any atom is -0.393 e. The SMILES string of the molecule is CC(=O)N[14CH]1[14CH2][14CH2][14CH](O)[14CH2][14CH2]1. The number of aliphatic hydroxyl groups is 1. The molecule has 0 aliphatic heterocycles. The highest BCUT2D eigenvalue weighted by molar-refractivity contribution is 5.73. The van der Waals surface area contributed by atoms with Crippen molar-refractivity contribution < 1.29 is 9.90 Å². The lowest BCUT2D eigenvalue weighted by molar-refractivity contribution is -0.120. The van der Waals surface area contributed by atoms with Gasteiger partial charge < -0.3 is 10.4 Å². The third-order valence-electron chi connectivity index (χ3n) is 2.10. The maximum Gasteiger partial charge on any atom is 0.217 e. The molecule has 0 aromatic rings. The van der Waals surface area contributed by atoms with E-state index in [1.165, 1.54) is 6.92 Å². The minimum atomic E-state index is -0.139. The van der Waals surface area contributed by atoms with E-state index in [1.54, 1.807) is 0 Å². The van der Waals surface area contributed by atoms with Gasteiger partial charge in [-0.1, -0.05) is 0 Å². The highest BCUT2D eigenvalue weighted by atomic mass is 16.6. The van der Waals surface area contributed by atoms with Crippen molar-refractivity contribution in [2.75, 3.05) is 0 Å². The summed E-state index contributed by atoms with van der Waals surface area (Å²) in [6, 6.07) is 0.302. The molecule has 3 heteroatoms. The molecule has 64 valence electrons. The van der Waals surface area contributed by atoms with Crippen molar-refractivity contribution in [2.24, 2.45) is 0 Å². The van der Waals surface area contributed by atoms with Crippen LogP contribution in [0.2, 0.25) is 0 Å². The molecule has 0 spiro atoms. The first-order chi connectivity index (χ1) is 5.18. The molecule has 0 heterocycles. The summed E-state index contributed by atoms with van der Waals surface area (Å²) in [5.74, 6) is 0.0337. The molecule has 1 aliphatic rings. The number of nitrogens with one attached hydrogen (secondary N) is 1. The minimum absolute atomic E-state index is 0.0337. The molecule has 1 saturated carbocycles. The third kappa shape index (κ3) is 2.89. The lowest BCUT2D eigenvalue weighted by atomic mass is 10.8. The number of carbonyl (C=O) groups excluding carboxylic acids is 1. The maximum atomic E-state index is 10.6. The van der Waals surface area contributed by atoms with Crippen LogP contribution in [0.1, 0.15) is 32.6 Å². The van der Waals surface area contributed by atoms with Crippen molar-refractivity contribution in [3.63, 3.8) is 0 Å². The highest BCUT2D eigenvalue weighted by Gasteiger charge is 2.19. The van der Waals surface area contributed by atoms with Gasteiger partial charge >= 0.3 is 0 Å². The zero-order chi connectivity index (χ0) is 8.27. The van der Waals surface area contributed by atoms with Gasteiger partial charge in [0.05, 0.1) is 6.10 Å². The molecule has 1 aliphatic carbocycles. The van der Waals surface area contributed by atoms with E-state index in [1.807, 2.05) is 0 Å². The van der Waals surface area contributed by atoms with E-state index in [4.69, 9.17) is 5.11 Å². The molecular weight excluding hydrogens is 154 g/mol. The van der Waals surface area contributed by atoms with Crippen molar-refractivity contribution in [2.45, 2.75) is 44.8 Å². The van der Waals surface area contributed by atoms with Gasteiger partial charge in [-0.15, -0.1) is 0 Å². The van der Waals surface area contributed by atoms with Crippen LogP contribution >= 0.6 is 0 Å². The number of rotatable bonds is 1. The maximum absolute atomic E-state index is 10.6. The van der Waals surface area contributed by atoms with Crippen molar-refractivity contribution in [1.82, 2.24) is 5.32 Å². The summed E-state index contributed by atoms with van der Waals surface area (Å²) in [6.07, 6.45) is 3.34. The summed E-state index contributed by atoms with van der Waals surface area (Å²) < 4.78 is 0. The topological polar surface area (TPSA) is 49.3 Å². The van der Waals surface area contributed by atoms with Crippen LogP contribution in [0.5, 0.6) is 0 Å². The van der Waals surface area contributed by atoms with Crippen LogP contribution in [0.25, 0.3) is 0 Å². The Kier molecular flexibility index (Phi) is 2.88. The molecule has 0 unspecified atom stereocenters. The molecule has 1 rings (SSSR count). The Morgan fingerprint density at radius 3 is 2.36 bits per heavy atom. The lowest BCUT2D eigenvalue weighted by Crippen LogP contribution is -2.37. The fraction of sp³-hybridized carbons (Fsp3) is 0.875. The Morgan fingerprint density at radius 2 is 1.91 bits per heavy atom. The predicted molar refractivity (Wildman–Crippen MR) is 42.1 cm³/mol. The van der Waals surface area contributed by atoms with E-state index in [-0.39, 0.29) is 12.0 Å². The van der Waals surface area contributed by atoms with Crippen LogP contribution in [0.15, 0.2) is 0 Å². The molecule has 2 N–H and O–H groups in total. The zero-order valence-corrected chi connectivity index (χ0v) is 6.84. The van der Waals surface area contributed by atoms with Crippen LogP contribution in [-0.2, 0) is 4.79 Å². The van der Waals surface area contributed by atoms with E-state index in [0.717, 1.165) is 25.7 Å². The molecular formula is C8H15NO2. The van der Waals surface area contributed by atoms with Crippen LogP contribution in [0.4, 0.5) is 0 Å². The Morgan fingerprint density at radius 1 is 1.36 bits per heavy atom. The number of carbonyl (C=O) groups is 1. The summed E-state index contributed by atoms with van der Waals surface area (Å²) in [5.41, 5.74) is 0. The molecule has 0 aromatic carbocycles. The van der Waals surface area contributed by atoms with Gasteiger partial charge in [-0.05, 0) is 25.7 Å². The normalized spacial score (nSPS) is 31.5. The first-order valence-corrected chi connectivity index (χ1v) is 4.13. The molecule has 0 aromatic heterocycles. The van der Waals surface area contributed by atoms with E-state index < -0.39 is 0 Å². The van der Waals surface area contributed by atoms with Crippen LogP contribution in [0.3, 0.4) is 0 Å². The van der Waals surface area contributed by atoms with Gasteiger partial charge in [-0.25, -0.2) is 0 Å². The Balaban J connectivity index is 2.22. The van der Waals surface area contributed by atoms with E-state index in [0.29, 0.717) is 6.04 Å². The predicted octanol–water partition coefficient (Wildman–Crippen LogP) is 0.426. The van der Waals surface area contributed by atoms with Crippen molar-refractivity contribution in [3.05, 3.63) is 0 Å². The summed E-state index contributed by atoms with van der Waals surface area (Å²) in [7, 11) is 0. The monoisotopic (exact) mass is 169 g/mol. The first kappa shape index (κ1) is 8.53. The molecule has 0 radical (unpaired) electrons.